The monoisotopic (exact) mass is 415 g/mol. The van der Waals surface area contributed by atoms with Crippen molar-refractivity contribution in [1.82, 2.24) is 0 Å². The summed E-state index contributed by atoms with van der Waals surface area (Å²) in [6.07, 6.45) is 1.97. The van der Waals surface area contributed by atoms with Crippen LogP contribution in [0.1, 0.15) is 23.6 Å². The first-order valence-electron chi connectivity index (χ1n) is 8.52. The van der Waals surface area contributed by atoms with E-state index in [1.54, 1.807) is 24.3 Å². The number of aliphatic carboxylic acids is 1. The van der Waals surface area contributed by atoms with Crippen LogP contribution in [0.3, 0.4) is 0 Å². The van der Waals surface area contributed by atoms with E-state index in [-0.39, 0.29) is 30.1 Å². The number of benzene rings is 2. The molecule has 0 amide bonds. The fourth-order valence-electron chi connectivity index (χ4n) is 2.35. The highest BCUT2D eigenvalue weighted by atomic mass is 16.9. The summed E-state index contributed by atoms with van der Waals surface area (Å²) in [5.74, 6) is -2.12. The molecule has 0 aliphatic carbocycles. The van der Waals surface area contributed by atoms with E-state index in [1.165, 1.54) is 31.2 Å². The van der Waals surface area contributed by atoms with Crippen molar-refractivity contribution in [2.24, 2.45) is 0 Å². The largest absolute Gasteiger partial charge is 0.478 e. The number of carbonyl (C=O) groups excluding carboxylic acids is 2. The lowest BCUT2D eigenvalue weighted by Gasteiger charge is -2.10. The van der Waals surface area contributed by atoms with Gasteiger partial charge >= 0.3 is 17.9 Å². The average Bonchev–Trinajstić information content (AvgIpc) is 2.66. The molecule has 0 aliphatic rings. The lowest BCUT2D eigenvalue weighted by Crippen LogP contribution is -2.12. The molecule has 0 aromatic heterocycles. The van der Waals surface area contributed by atoms with Crippen LogP contribution in [-0.4, -0.2) is 28.1 Å². The molecule has 0 radical (unpaired) electrons. The lowest BCUT2D eigenvalue weighted by molar-refractivity contribution is -0.763. The lowest BCUT2D eigenvalue weighted by atomic mass is 10.1. The van der Waals surface area contributed by atoms with E-state index in [4.69, 9.17) is 14.6 Å². The number of nitrogens with zero attached hydrogens (tertiary/aromatic N) is 1. The number of hydrogen-bond donors (Lipinski definition) is 1. The van der Waals surface area contributed by atoms with Gasteiger partial charge in [0.1, 0.15) is 18.1 Å². The Bertz CT molecular complexity index is 980. The van der Waals surface area contributed by atoms with Crippen LogP contribution in [0.25, 0.3) is 6.08 Å². The van der Waals surface area contributed by atoms with Gasteiger partial charge in [0.2, 0.25) is 0 Å². The van der Waals surface area contributed by atoms with Gasteiger partial charge in [-0.2, -0.15) is 0 Å². The first-order chi connectivity index (χ1) is 14.2. The molecular formula is C20H17NO9. The molecule has 0 aliphatic heterocycles. The Hall–Kier alpha value is -4.21. The Kier molecular flexibility index (Phi) is 7.63. The highest BCUT2D eigenvalue weighted by Gasteiger charge is 2.12. The highest BCUT2D eigenvalue weighted by Crippen LogP contribution is 2.26. The molecule has 0 unspecified atom stereocenters. The highest BCUT2D eigenvalue weighted by molar-refractivity contribution is 5.86. The number of carboxylic acid groups (broad SMARTS) is 1. The molecule has 0 bridgehead atoms. The Morgan fingerprint density at radius 3 is 2.33 bits per heavy atom. The fourth-order valence-corrected chi connectivity index (χ4v) is 2.35. The molecule has 0 heterocycles. The van der Waals surface area contributed by atoms with Gasteiger partial charge in [0, 0.05) is 18.6 Å². The minimum absolute atomic E-state index is 0.0874. The van der Waals surface area contributed by atoms with Crippen molar-refractivity contribution in [2.45, 2.75) is 20.0 Å². The molecule has 0 spiro atoms. The Labute approximate surface area is 170 Å². The molecule has 0 atom stereocenters. The fraction of sp³-hybridized carbons (Fsp3) is 0.150. The van der Waals surface area contributed by atoms with Crippen molar-refractivity contribution in [3.05, 3.63) is 75.3 Å². The number of esters is 2. The van der Waals surface area contributed by atoms with Crippen molar-refractivity contribution in [3.63, 3.8) is 0 Å². The van der Waals surface area contributed by atoms with E-state index in [9.17, 15) is 24.5 Å². The van der Waals surface area contributed by atoms with E-state index < -0.39 is 23.0 Å². The molecule has 2 aromatic rings. The minimum Gasteiger partial charge on any atom is -0.478 e. The zero-order valence-corrected chi connectivity index (χ0v) is 15.8. The molecule has 2 aromatic carbocycles. The minimum atomic E-state index is -1.20. The molecule has 0 saturated heterocycles. The summed E-state index contributed by atoms with van der Waals surface area (Å²) < 4.78 is 10.3. The summed E-state index contributed by atoms with van der Waals surface area (Å²) in [4.78, 5) is 48.6. The van der Waals surface area contributed by atoms with Gasteiger partial charge in [-0.05, 0) is 35.4 Å². The van der Waals surface area contributed by atoms with E-state index in [0.717, 1.165) is 6.08 Å². The third-order valence-corrected chi connectivity index (χ3v) is 3.58. The van der Waals surface area contributed by atoms with Gasteiger partial charge in [-0.3, -0.25) is 9.59 Å². The molecule has 2 rings (SSSR count). The SMILES string of the molecule is CC(=O)Oc1ccc(OC(=O)Cc2ccc(CO[N+](=O)[O-])cc2)c(C=CC(=O)O)c1. The maximum absolute atomic E-state index is 12.3. The van der Waals surface area contributed by atoms with Crippen LogP contribution >= 0.6 is 0 Å². The van der Waals surface area contributed by atoms with Crippen LogP contribution in [0.15, 0.2) is 48.5 Å². The van der Waals surface area contributed by atoms with Crippen molar-refractivity contribution < 1.29 is 38.9 Å². The van der Waals surface area contributed by atoms with E-state index in [1.807, 2.05) is 0 Å². The predicted octanol–water partition coefficient (Wildman–Crippen LogP) is 2.57. The molecule has 156 valence electrons. The summed E-state index contributed by atoms with van der Waals surface area (Å²) in [6.45, 7) is 1.02. The summed E-state index contributed by atoms with van der Waals surface area (Å²) in [6, 6.07) is 10.5. The summed E-state index contributed by atoms with van der Waals surface area (Å²) in [7, 11) is 0. The second kappa shape index (κ2) is 10.4. The van der Waals surface area contributed by atoms with Crippen LogP contribution in [0.2, 0.25) is 0 Å². The van der Waals surface area contributed by atoms with E-state index in [0.29, 0.717) is 11.1 Å². The maximum atomic E-state index is 12.3. The van der Waals surface area contributed by atoms with Gasteiger partial charge < -0.3 is 19.4 Å². The van der Waals surface area contributed by atoms with Crippen LogP contribution in [0.4, 0.5) is 0 Å². The van der Waals surface area contributed by atoms with Crippen molar-refractivity contribution >= 4 is 24.0 Å². The normalized spacial score (nSPS) is 10.4. The van der Waals surface area contributed by atoms with Gasteiger partial charge in [-0.15, -0.1) is 10.1 Å². The molecular weight excluding hydrogens is 398 g/mol. The molecule has 0 fully saturated rings. The van der Waals surface area contributed by atoms with Crippen LogP contribution in [-0.2, 0) is 32.2 Å². The van der Waals surface area contributed by atoms with Crippen molar-refractivity contribution in [3.8, 4) is 11.5 Å². The smallest absolute Gasteiger partial charge is 0.328 e. The average molecular weight is 415 g/mol. The van der Waals surface area contributed by atoms with Crippen molar-refractivity contribution in [2.75, 3.05) is 0 Å². The van der Waals surface area contributed by atoms with Gasteiger partial charge in [0.15, 0.2) is 0 Å². The zero-order valence-electron chi connectivity index (χ0n) is 15.8. The van der Waals surface area contributed by atoms with E-state index >= 15 is 0 Å². The maximum Gasteiger partial charge on any atom is 0.328 e. The quantitative estimate of drug-likeness (QED) is 0.215. The number of ether oxygens (including phenoxy) is 2. The van der Waals surface area contributed by atoms with Crippen LogP contribution in [0.5, 0.6) is 11.5 Å². The second-order valence-corrected chi connectivity index (χ2v) is 5.93. The predicted molar refractivity (Wildman–Crippen MR) is 102 cm³/mol. The first kappa shape index (κ1) is 22.1. The first-order valence-corrected chi connectivity index (χ1v) is 8.52. The summed E-state index contributed by atoms with van der Waals surface area (Å²) in [5, 5.41) is 18.1. The summed E-state index contributed by atoms with van der Waals surface area (Å²) in [5.41, 5.74) is 1.40. The molecule has 10 heteroatoms. The zero-order chi connectivity index (χ0) is 22.1. The number of hydrogen-bond acceptors (Lipinski definition) is 8. The van der Waals surface area contributed by atoms with Gasteiger partial charge in [0.05, 0.1) is 6.42 Å². The van der Waals surface area contributed by atoms with Crippen molar-refractivity contribution in [1.29, 1.82) is 0 Å². The molecule has 1 N–H and O–H groups in total. The third kappa shape index (κ3) is 7.43. The van der Waals surface area contributed by atoms with Crippen LogP contribution < -0.4 is 9.47 Å². The Morgan fingerprint density at radius 2 is 1.73 bits per heavy atom. The molecule has 10 nitrogen and oxygen atoms in total. The van der Waals surface area contributed by atoms with Gasteiger partial charge in [-0.25, -0.2) is 4.79 Å². The topological polar surface area (TPSA) is 142 Å². The van der Waals surface area contributed by atoms with E-state index in [2.05, 4.69) is 4.84 Å². The molecule has 0 saturated carbocycles. The van der Waals surface area contributed by atoms with Gasteiger partial charge in [-0.1, -0.05) is 24.3 Å². The van der Waals surface area contributed by atoms with Gasteiger partial charge in [0.25, 0.3) is 5.09 Å². The number of carbonyl (C=O) groups is 3. The number of carboxylic acids is 1. The molecule has 30 heavy (non-hydrogen) atoms. The second-order valence-electron chi connectivity index (χ2n) is 5.93. The Morgan fingerprint density at radius 1 is 1.07 bits per heavy atom. The third-order valence-electron chi connectivity index (χ3n) is 3.58. The standard InChI is InChI=1S/C20H17NO9/c1-13(22)29-17-7-8-18(16(11-17)6-9-19(23)24)30-20(25)10-14-2-4-15(5-3-14)12-28-21(26)27/h2-9,11H,10,12H2,1H3,(H,23,24). The van der Waals surface area contributed by atoms with Crippen LogP contribution in [0, 0.1) is 10.1 Å². The number of rotatable bonds is 9. The Balaban J connectivity index is 2.10. The summed E-state index contributed by atoms with van der Waals surface area (Å²) >= 11 is 0.